The van der Waals surface area contributed by atoms with Gasteiger partial charge >= 0.3 is 5.97 Å². The molecule has 2 rings (SSSR count). The number of para-hydroxylation sites is 1. The number of carbonyl (C=O) groups excluding carboxylic acids is 2. The average molecular weight is 272 g/mol. The molecule has 0 saturated carbocycles. The topological polar surface area (TPSA) is 43.4 Å². The first-order valence-corrected chi connectivity index (χ1v) is 6.36. The molecule has 0 aliphatic carbocycles. The monoisotopic (exact) mass is 272 g/mol. The molecule has 0 fully saturated rings. The predicted octanol–water partition coefficient (Wildman–Crippen LogP) is 2.75. The summed E-state index contributed by atoms with van der Waals surface area (Å²) in [4.78, 5) is 23.6. The second-order valence-electron chi connectivity index (χ2n) is 3.82. The van der Waals surface area contributed by atoms with Crippen LogP contribution in [-0.4, -0.2) is 17.5 Å². The Morgan fingerprint density at radius 1 is 0.947 bits per heavy atom. The van der Waals surface area contributed by atoms with Crippen molar-refractivity contribution in [2.45, 2.75) is 0 Å². The summed E-state index contributed by atoms with van der Waals surface area (Å²) in [6.45, 7) is 0. The van der Waals surface area contributed by atoms with E-state index >= 15 is 0 Å². The van der Waals surface area contributed by atoms with Gasteiger partial charge in [0.2, 0.25) is 0 Å². The van der Waals surface area contributed by atoms with Crippen LogP contribution in [0.2, 0.25) is 0 Å². The number of hydrogen-bond acceptors (Lipinski definition) is 4. The normalized spacial score (nSPS) is 9.95. The lowest BCUT2D eigenvalue weighted by molar-refractivity contribution is -0.131. The number of ether oxygens (including phenoxy) is 1. The molecule has 2 aromatic rings. The van der Waals surface area contributed by atoms with Gasteiger partial charge in [0.05, 0.1) is 11.3 Å². The molecular formula is C15H12O3S. The van der Waals surface area contributed by atoms with Crippen LogP contribution < -0.4 is 4.74 Å². The van der Waals surface area contributed by atoms with Crippen LogP contribution >= 0.6 is 12.6 Å². The maximum absolute atomic E-state index is 12.3. The van der Waals surface area contributed by atoms with E-state index in [1.54, 1.807) is 48.5 Å². The number of thiol groups is 1. The highest BCUT2D eigenvalue weighted by Gasteiger charge is 2.15. The van der Waals surface area contributed by atoms with E-state index in [0.717, 1.165) is 0 Å². The standard InChI is InChI=1S/C15H12O3S/c16-14(10-19)18-13-9-5-4-8-12(13)15(17)11-6-2-1-3-7-11/h1-9,19H,10H2. The number of benzene rings is 2. The van der Waals surface area contributed by atoms with Crippen LogP contribution in [-0.2, 0) is 4.79 Å². The second-order valence-corrected chi connectivity index (χ2v) is 4.14. The average Bonchev–Trinajstić information content (AvgIpc) is 2.48. The fourth-order valence-electron chi connectivity index (χ4n) is 1.64. The van der Waals surface area contributed by atoms with E-state index in [4.69, 9.17) is 4.74 Å². The van der Waals surface area contributed by atoms with Crippen molar-refractivity contribution < 1.29 is 14.3 Å². The highest BCUT2D eigenvalue weighted by Crippen LogP contribution is 2.21. The van der Waals surface area contributed by atoms with E-state index in [-0.39, 0.29) is 17.3 Å². The van der Waals surface area contributed by atoms with Gasteiger partial charge in [-0.05, 0) is 12.1 Å². The quantitative estimate of drug-likeness (QED) is 0.403. The lowest BCUT2D eigenvalue weighted by Gasteiger charge is -2.08. The SMILES string of the molecule is O=C(CS)Oc1ccccc1C(=O)c1ccccc1. The van der Waals surface area contributed by atoms with Crippen molar-refractivity contribution in [1.29, 1.82) is 0 Å². The van der Waals surface area contributed by atoms with Gasteiger partial charge in [-0.2, -0.15) is 12.6 Å². The van der Waals surface area contributed by atoms with Crippen molar-refractivity contribution in [2.75, 3.05) is 5.75 Å². The predicted molar refractivity (Wildman–Crippen MR) is 75.8 cm³/mol. The Morgan fingerprint density at radius 2 is 1.58 bits per heavy atom. The highest BCUT2D eigenvalue weighted by molar-refractivity contribution is 7.81. The summed E-state index contributed by atoms with van der Waals surface area (Å²) in [5, 5.41) is 0. The Hall–Kier alpha value is -2.07. The van der Waals surface area contributed by atoms with Crippen molar-refractivity contribution >= 4 is 24.4 Å². The van der Waals surface area contributed by atoms with Gasteiger partial charge in [-0.3, -0.25) is 9.59 Å². The van der Waals surface area contributed by atoms with Gasteiger partial charge in [-0.25, -0.2) is 0 Å². The van der Waals surface area contributed by atoms with Gasteiger partial charge in [0.25, 0.3) is 0 Å². The summed E-state index contributed by atoms with van der Waals surface area (Å²) >= 11 is 3.84. The summed E-state index contributed by atoms with van der Waals surface area (Å²) in [5.41, 5.74) is 0.917. The lowest BCUT2D eigenvalue weighted by atomic mass is 10.0. The molecule has 0 aromatic heterocycles. The Balaban J connectivity index is 2.35. The van der Waals surface area contributed by atoms with Crippen LogP contribution in [0, 0.1) is 0 Å². The number of rotatable bonds is 4. The molecule has 0 spiro atoms. The third-order valence-corrected chi connectivity index (χ3v) is 2.78. The largest absolute Gasteiger partial charge is 0.425 e. The third-order valence-electron chi connectivity index (χ3n) is 2.52. The molecule has 4 heteroatoms. The molecule has 19 heavy (non-hydrogen) atoms. The molecule has 0 N–H and O–H groups in total. The number of esters is 1. The number of ketones is 1. The molecule has 3 nitrogen and oxygen atoms in total. The van der Waals surface area contributed by atoms with Crippen molar-refractivity contribution in [3.8, 4) is 5.75 Å². The van der Waals surface area contributed by atoms with E-state index in [2.05, 4.69) is 12.6 Å². The smallest absolute Gasteiger partial charge is 0.321 e. The summed E-state index contributed by atoms with van der Waals surface area (Å²) < 4.78 is 5.10. The summed E-state index contributed by atoms with van der Waals surface area (Å²) in [6, 6.07) is 15.5. The second kappa shape index (κ2) is 6.20. The van der Waals surface area contributed by atoms with E-state index in [1.165, 1.54) is 0 Å². The van der Waals surface area contributed by atoms with Crippen molar-refractivity contribution in [3.05, 3.63) is 65.7 Å². The van der Waals surface area contributed by atoms with Crippen LogP contribution in [0.3, 0.4) is 0 Å². The Morgan fingerprint density at radius 3 is 2.26 bits per heavy atom. The molecule has 0 bridgehead atoms. The first-order chi connectivity index (χ1) is 9.22. The molecule has 0 radical (unpaired) electrons. The van der Waals surface area contributed by atoms with Crippen molar-refractivity contribution in [1.82, 2.24) is 0 Å². The van der Waals surface area contributed by atoms with Crippen LogP contribution in [0.15, 0.2) is 54.6 Å². The minimum Gasteiger partial charge on any atom is -0.425 e. The maximum Gasteiger partial charge on any atom is 0.321 e. The zero-order valence-corrected chi connectivity index (χ0v) is 11.0. The van der Waals surface area contributed by atoms with Crippen molar-refractivity contribution in [3.63, 3.8) is 0 Å². The first-order valence-electron chi connectivity index (χ1n) is 5.72. The molecule has 96 valence electrons. The fourth-order valence-corrected chi connectivity index (χ4v) is 1.71. The highest BCUT2D eigenvalue weighted by atomic mass is 32.1. The zero-order chi connectivity index (χ0) is 13.7. The molecule has 0 atom stereocenters. The minimum absolute atomic E-state index is 0.0339. The molecule has 0 aliphatic heterocycles. The summed E-state index contributed by atoms with van der Waals surface area (Å²) in [7, 11) is 0. The Labute approximate surface area is 116 Å². The van der Waals surface area contributed by atoms with E-state index in [9.17, 15) is 9.59 Å². The molecule has 0 aliphatic rings. The molecule has 2 aromatic carbocycles. The molecule has 0 unspecified atom stereocenters. The van der Waals surface area contributed by atoms with Gasteiger partial charge in [-0.15, -0.1) is 0 Å². The number of hydrogen-bond donors (Lipinski definition) is 1. The fraction of sp³-hybridized carbons (Fsp3) is 0.0667. The molecule has 0 saturated heterocycles. The van der Waals surface area contributed by atoms with Gasteiger partial charge in [0.1, 0.15) is 5.75 Å². The number of carbonyl (C=O) groups is 2. The van der Waals surface area contributed by atoms with E-state index < -0.39 is 5.97 Å². The zero-order valence-electron chi connectivity index (χ0n) is 10.1. The molecular weight excluding hydrogens is 260 g/mol. The van der Waals surface area contributed by atoms with Gasteiger partial charge < -0.3 is 4.74 Å². The van der Waals surface area contributed by atoms with Gasteiger partial charge in [-0.1, -0.05) is 42.5 Å². The molecule has 0 heterocycles. The van der Waals surface area contributed by atoms with Crippen LogP contribution in [0.25, 0.3) is 0 Å². The Kier molecular flexibility index (Phi) is 4.36. The first kappa shape index (κ1) is 13.4. The third kappa shape index (κ3) is 3.23. The Bertz CT molecular complexity index is 593. The van der Waals surface area contributed by atoms with Crippen LogP contribution in [0.1, 0.15) is 15.9 Å². The van der Waals surface area contributed by atoms with Gasteiger partial charge in [0.15, 0.2) is 5.78 Å². The van der Waals surface area contributed by atoms with E-state index in [1.807, 2.05) is 6.07 Å². The van der Waals surface area contributed by atoms with Gasteiger partial charge in [0, 0.05) is 5.56 Å². The van der Waals surface area contributed by atoms with Crippen LogP contribution in [0.4, 0.5) is 0 Å². The van der Waals surface area contributed by atoms with E-state index in [0.29, 0.717) is 11.1 Å². The summed E-state index contributed by atoms with van der Waals surface area (Å²) in [6.07, 6.45) is 0. The summed E-state index contributed by atoms with van der Waals surface area (Å²) in [5.74, 6) is -0.441. The maximum atomic E-state index is 12.3. The minimum atomic E-state index is -0.489. The van der Waals surface area contributed by atoms with Crippen LogP contribution in [0.5, 0.6) is 5.75 Å². The lowest BCUT2D eigenvalue weighted by Crippen LogP contribution is -2.12. The van der Waals surface area contributed by atoms with Crippen molar-refractivity contribution in [2.24, 2.45) is 0 Å². The molecule has 0 amide bonds.